The molecule has 2 amide bonds. The van der Waals surface area contributed by atoms with Crippen LogP contribution in [0.3, 0.4) is 0 Å². The van der Waals surface area contributed by atoms with E-state index in [2.05, 4.69) is 9.88 Å². The van der Waals surface area contributed by atoms with Crippen LogP contribution >= 0.6 is 0 Å². The van der Waals surface area contributed by atoms with Gasteiger partial charge in [-0.2, -0.15) is 26.3 Å². The van der Waals surface area contributed by atoms with E-state index in [1.165, 1.54) is 30.3 Å². The van der Waals surface area contributed by atoms with Gasteiger partial charge in [-0.05, 0) is 59.7 Å². The van der Waals surface area contributed by atoms with Crippen LogP contribution in [0.5, 0.6) is 17.4 Å². The lowest BCUT2D eigenvalue weighted by Gasteiger charge is -2.37. The lowest BCUT2D eigenvalue weighted by Crippen LogP contribution is -2.53. The van der Waals surface area contributed by atoms with Gasteiger partial charge in [0, 0.05) is 76.6 Å². The number of alkyl halides is 6. The van der Waals surface area contributed by atoms with Gasteiger partial charge in [0.25, 0.3) is 5.91 Å². The first-order valence-corrected chi connectivity index (χ1v) is 16.4. The molecule has 4 aromatic rings. The number of pyridine rings is 1. The normalized spacial score (nSPS) is 16.4. The largest absolute Gasteiger partial charge is 0.484 e. The zero-order valence-electron chi connectivity index (χ0n) is 28.2. The number of likely N-dealkylation sites (N-methyl/N-ethyl adjacent to an activating group) is 1. The molecule has 0 saturated carbocycles. The number of piperazine rings is 1. The molecule has 2 aliphatic rings. The van der Waals surface area contributed by atoms with Crippen molar-refractivity contribution in [3.63, 3.8) is 0 Å². The van der Waals surface area contributed by atoms with E-state index in [0.29, 0.717) is 50.6 Å². The van der Waals surface area contributed by atoms with E-state index in [4.69, 9.17) is 9.47 Å². The smallest absolute Gasteiger partial charge is 0.422 e. The van der Waals surface area contributed by atoms with Crippen LogP contribution in [0.25, 0.3) is 0 Å². The second-order valence-electron chi connectivity index (χ2n) is 12.7. The first-order valence-electron chi connectivity index (χ1n) is 16.4. The zero-order valence-corrected chi connectivity index (χ0v) is 28.2. The van der Waals surface area contributed by atoms with Gasteiger partial charge < -0.3 is 24.2 Å². The number of hydrogen-bond acceptors (Lipinski definition) is 7. The summed E-state index contributed by atoms with van der Waals surface area (Å²) in [6, 6.07) is 18.9. The van der Waals surface area contributed by atoms with E-state index in [1.807, 2.05) is 29.0 Å². The van der Waals surface area contributed by atoms with E-state index in [0.717, 1.165) is 41.1 Å². The lowest BCUT2D eigenvalue weighted by molar-refractivity contribution is -0.153. The molecule has 52 heavy (non-hydrogen) atoms. The SMILES string of the molecule is CN(C(=O)c1ccc(C(F)(F)F)cc1)c1ccc(Oc2ccc3c(c2)N(C)C(C(=O)N2CCN(Cc4ccc(OCC(F)(F)F)cc4)CC2)C3)nc1. The van der Waals surface area contributed by atoms with Crippen molar-refractivity contribution in [1.29, 1.82) is 0 Å². The van der Waals surface area contributed by atoms with E-state index < -0.39 is 30.4 Å². The number of benzene rings is 3. The van der Waals surface area contributed by atoms with Gasteiger partial charge in [-0.15, -0.1) is 0 Å². The Bertz CT molecular complexity index is 1880. The van der Waals surface area contributed by atoms with Gasteiger partial charge in [-0.3, -0.25) is 14.5 Å². The topological polar surface area (TPSA) is 78.5 Å². The van der Waals surface area contributed by atoms with E-state index in [1.54, 1.807) is 30.3 Å². The van der Waals surface area contributed by atoms with E-state index in [9.17, 15) is 35.9 Å². The molecule has 3 heterocycles. The number of halogens is 6. The van der Waals surface area contributed by atoms with Crippen molar-refractivity contribution in [3.8, 4) is 17.4 Å². The van der Waals surface area contributed by atoms with Gasteiger partial charge in [0.05, 0.1) is 17.4 Å². The van der Waals surface area contributed by atoms with Gasteiger partial charge in [-0.25, -0.2) is 4.98 Å². The summed E-state index contributed by atoms with van der Waals surface area (Å²) < 4.78 is 86.7. The molecule has 6 rings (SSSR count). The zero-order chi connectivity index (χ0) is 37.2. The van der Waals surface area contributed by atoms with Crippen LogP contribution in [0.15, 0.2) is 85.1 Å². The molecule has 3 aromatic carbocycles. The number of ether oxygens (including phenoxy) is 2. The van der Waals surface area contributed by atoms with Gasteiger partial charge >= 0.3 is 12.4 Å². The second kappa shape index (κ2) is 14.7. The molecule has 15 heteroatoms. The molecular formula is C37H35F6N5O4. The van der Waals surface area contributed by atoms with E-state index >= 15 is 0 Å². The van der Waals surface area contributed by atoms with Crippen molar-refractivity contribution in [3.05, 3.63) is 107 Å². The minimum Gasteiger partial charge on any atom is -0.484 e. The number of amides is 2. The molecular weight excluding hydrogens is 692 g/mol. The number of fused-ring (bicyclic) bond motifs is 1. The summed E-state index contributed by atoms with van der Waals surface area (Å²) in [4.78, 5) is 38.1. The Kier molecular flexibility index (Phi) is 10.3. The summed E-state index contributed by atoms with van der Waals surface area (Å²) in [5, 5.41) is 0. The Labute approximate surface area is 296 Å². The molecule has 274 valence electrons. The Morgan fingerprint density at radius 3 is 2.15 bits per heavy atom. The van der Waals surface area contributed by atoms with Crippen LogP contribution in [-0.4, -0.2) is 85.7 Å². The van der Waals surface area contributed by atoms with Gasteiger partial charge in [0.15, 0.2) is 6.61 Å². The summed E-state index contributed by atoms with van der Waals surface area (Å²) in [5.41, 5.74) is 2.47. The predicted octanol–water partition coefficient (Wildman–Crippen LogP) is 6.82. The molecule has 0 aliphatic carbocycles. The molecule has 1 unspecified atom stereocenters. The van der Waals surface area contributed by atoms with Crippen LogP contribution in [0.2, 0.25) is 0 Å². The first-order chi connectivity index (χ1) is 24.6. The average Bonchev–Trinajstić information content (AvgIpc) is 3.45. The standard InChI is InChI=1S/C37H35F6N5O4/c1-45(34(49)25-5-8-27(9-6-25)37(41,42)43)28-10-14-33(44-21-28)52-30-13-7-26-19-32(46(2)31(26)20-30)35(50)48-17-15-47(16-18-48)22-24-3-11-29(12-4-24)51-23-36(38,39)40/h3-14,20-21,32H,15-19,22-23H2,1-2H3. The summed E-state index contributed by atoms with van der Waals surface area (Å²) in [6.07, 6.45) is -6.92. The summed E-state index contributed by atoms with van der Waals surface area (Å²) in [6.45, 7) is 1.68. The molecule has 0 spiro atoms. The highest BCUT2D eigenvalue weighted by Crippen LogP contribution is 2.36. The Morgan fingerprint density at radius 2 is 1.54 bits per heavy atom. The Balaban J connectivity index is 0.997. The summed E-state index contributed by atoms with van der Waals surface area (Å²) in [5.74, 6) is 0.447. The van der Waals surface area contributed by atoms with Crippen molar-refractivity contribution in [2.45, 2.75) is 31.4 Å². The van der Waals surface area contributed by atoms with Crippen molar-refractivity contribution in [2.24, 2.45) is 0 Å². The number of aromatic nitrogens is 1. The van der Waals surface area contributed by atoms with Crippen LogP contribution in [-0.2, 0) is 23.9 Å². The van der Waals surface area contributed by atoms with Crippen molar-refractivity contribution in [2.75, 3.05) is 56.7 Å². The number of nitrogens with zero attached hydrogens (tertiary/aromatic N) is 5. The molecule has 1 saturated heterocycles. The maximum absolute atomic E-state index is 13.6. The molecule has 0 N–H and O–H groups in total. The van der Waals surface area contributed by atoms with Crippen molar-refractivity contribution in [1.82, 2.24) is 14.8 Å². The van der Waals surface area contributed by atoms with Crippen molar-refractivity contribution >= 4 is 23.2 Å². The fraction of sp³-hybridized carbons (Fsp3) is 0.324. The third-order valence-electron chi connectivity index (χ3n) is 9.11. The summed E-state index contributed by atoms with van der Waals surface area (Å²) >= 11 is 0. The van der Waals surface area contributed by atoms with Gasteiger partial charge in [-0.1, -0.05) is 18.2 Å². The maximum Gasteiger partial charge on any atom is 0.422 e. The van der Waals surface area contributed by atoms with Gasteiger partial charge in [0.1, 0.15) is 17.5 Å². The van der Waals surface area contributed by atoms with Crippen LogP contribution in [0.4, 0.5) is 37.7 Å². The minimum absolute atomic E-state index is 0.0270. The highest BCUT2D eigenvalue weighted by molar-refractivity contribution is 6.05. The second-order valence-corrected chi connectivity index (χ2v) is 12.7. The molecule has 1 aromatic heterocycles. The van der Waals surface area contributed by atoms with Crippen LogP contribution in [0, 0.1) is 0 Å². The number of carbonyl (C=O) groups excluding carboxylic acids is 2. The molecule has 2 aliphatic heterocycles. The highest BCUT2D eigenvalue weighted by Gasteiger charge is 2.36. The molecule has 1 atom stereocenters. The minimum atomic E-state index is -4.50. The third kappa shape index (κ3) is 8.58. The van der Waals surface area contributed by atoms with E-state index in [-0.39, 0.29) is 29.1 Å². The average molecular weight is 728 g/mol. The number of rotatable bonds is 9. The molecule has 1 fully saturated rings. The van der Waals surface area contributed by atoms with Gasteiger partial charge in [0.2, 0.25) is 11.8 Å². The maximum atomic E-state index is 13.6. The first kappa shape index (κ1) is 36.5. The number of anilines is 2. The Hall–Kier alpha value is -5.31. The summed E-state index contributed by atoms with van der Waals surface area (Å²) in [7, 11) is 3.37. The van der Waals surface area contributed by atoms with Crippen LogP contribution < -0.4 is 19.3 Å². The molecule has 0 bridgehead atoms. The van der Waals surface area contributed by atoms with Crippen molar-refractivity contribution < 1.29 is 45.4 Å². The fourth-order valence-electron chi connectivity index (χ4n) is 6.19. The number of hydrogen-bond donors (Lipinski definition) is 0. The fourth-order valence-corrected chi connectivity index (χ4v) is 6.19. The predicted molar refractivity (Wildman–Crippen MR) is 181 cm³/mol. The Morgan fingerprint density at radius 1 is 0.865 bits per heavy atom. The lowest BCUT2D eigenvalue weighted by atomic mass is 10.1. The van der Waals surface area contributed by atoms with Crippen LogP contribution in [0.1, 0.15) is 27.0 Å². The highest BCUT2D eigenvalue weighted by atomic mass is 19.4. The molecule has 0 radical (unpaired) electrons. The number of carbonyl (C=O) groups is 2. The monoisotopic (exact) mass is 727 g/mol. The third-order valence-corrected chi connectivity index (χ3v) is 9.11. The molecule has 9 nitrogen and oxygen atoms in total. The quantitative estimate of drug-likeness (QED) is 0.175.